The van der Waals surface area contributed by atoms with Crippen molar-refractivity contribution < 1.29 is 37.9 Å². The van der Waals surface area contributed by atoms with Crippen LogP contribution in [0.1, 0.15) is 162 Å². The minimum atomic E-state index is -4.74. The Morgan fingerprint density at radius 2 is 1.00 bits per heavy atom. The topological polar surface area (TPSA) is 119 Å². The largest absolute Gasteiger partial charge is 0.469 e. The van der Waals surface area contributed by atoms with Crippen LogP contribution in [-0.4, -0.2) is 41.0 Å². The lowest BCUT2D eigenvalue weighted by Gasteiger charge is -2.18. The fourth-order valence-electron chi connectivity index (χ4n) is 4.58. The lowest BCUT2D eigenvalue weighted by atomic mass is 10.1. The molecule has 0 spiro atoms. The van der Waals surface area contributed by atoms with Crippen LogP contribution in [0.2, 0.25) is 0 Å². The van der Waals surface area contributed by atoms with Crippen LogP contribution >= 0.6 is 7.82 Å². The number of carbonyl (C=O) groups excluding carboxylic acids is 2. The fraction of sp³-hybridized carbons (Fsp3) is 0.824. The first kappa shape index (κ1) is 41.5. The van der Waals surface area contributed by atoms with Gasteiger partial charge in [-0.3, -0.25) is 14.1 Å². The van der Waals surface area contributed by atoms with E-state index in [0.717, 1.165) is 70.6 Å². The molecule has 0 aliphatic carbocycles. The summed E-state index contributed by atoms with van der Waals surface area (Å²) in [7, 11) is -4.74. The van der Waals surface area contributed by atoms with E-state index in [1.165, 1.54) is 51.4 Å². The van der Waals surface area contributed by atoms with Gasteiger partial charge in [-0.25, -0.2) is 4.57 Å². The Morgan fingerprint density at radius 3 is 1.49 bits per heavy atom. The molecule has 2 N–H and O–H groups in total. The molecule has 0 aromatic heterocycles. The lowest BCUT2D eigenvalue weighted by molar-refractivity contribution is -0.161. The Kier molecular flexibility index (Phi) is 29.5. The zero-order valence-corrected chi connectivity index (χ0v) is 28.2. The van der Waals surface area contributed by atoms with Crippen molar-refractivity contribution in [2.75, 3.05) is 13.2 Å². The highest BCUT2D eigenvalue weighted by atomic mass is 31.2. The molecule has 0 aromatic rings. The van der Waals surface area contributed by atoms with Crippen LogP contribution in [-0.2, 0) is 28.2 Å². The highest BCUT2D eigenvalue weighted by Crippen LogP contribution is 2.35. The molecule has 0 saturated heterocycles. The number of phosphoric ester groups is 1. The Morgan fingerprint density at radius 1 is 0.581 bits per heavy atom. The van der Waals surface area contributed by atoms with Crippen LogP contribution in [0, 0.1) is 0 Å². The van der Waals surface area contributed by atoms with E-state index in [1.807, 2.05) is 0 Å². The average molecular weight is 631 g/mol. The van der Waals surface area contributed by atoms with Gasteiger partial charge in [0.2, 0.25) is 0 Å². The standard InChI is InChI=1S/C34H63O8P/c1-3-5-7-9-11-13-15-16-17-19-21-23-25-27-29-34(36)42-32(31-41-43(37,38)39)30-40-33(35)28-26-24-22-20-18-14-12-10-8-6-4-2/h10,12,15-16,32H,3-9,11,13-14,17-31H2,1-2H3,(H2,37,38,39)/b12-10-,16-15-. The minimum absolute atomic E-state index is 0.201. The minimum Gasteiger partial charge on any atom is -0.462 e. The molecule has 0 bridgehead atoms. The third-order valence-electron chi connectivity index (χ3n) is 7.19. The molecule has 0 radical (unpaired) electrons. The van der Waals surface area contributed by atoms with Crippen LogP contribution in [0.5, 0.6) is 0 Å². The summed E-state index contributed by atoms with van der Waals surface area (Å²) in [6, 6.07) is 0. The van der Waals surface area contributed by atoms with Crippen molar-refractivity contribution in [3.63, 3.8) is 0 Å². The zero-order chi connectivity index (χ0) is 31.9. The van der Waals surface area contributed by atoms with Gasteiger partial charge in [0.05, 0.1) is 6.61 Å². The molecule has 0 aliphatic heterocycles. The summed E-state index contributed by atoms with van der Waals surface area (Å²) in [4.78, 5) is 42.5. The van der Waals surface area contributed by atoms with E-state index in [9.17, 15) is 14.2 Å². The monoisotopic (exact) mass is 630 g/mol. The fourth-order valence-corrected chi connectivity index (χ4v) is 4.94. The maximum Gasteiger partial charge on any atom is 0.469 e. The Balaban J connectivity index is 4.03. The van der Waals surface area contributed by atoms with Crippen LogP contribution in [0.15, 0.2) is 24.3 Å². The SMILES string of the molecule is CCCC/C=C\CCCCCCCC(=O)OCC(COP(=O)(O)O)OC(=O)CCCCCCC/C=C\CCCCCCC. The number of hydrogen-bond acceptors (Lipinski definition) is 6. The van der Waals surface area contributed by atoms with E-state index < -0.39 is 32.5 Å². The molecule has 0 aliphatic rings. The summed E-state index contributed by atoms with van der Waals surface area (Å²) < 4.78 is 26.2. The first-order valence-corrected chi connectivity index (χ1v) is 18.7. The molecular weight excluding hydrogens is 567 g/mol. The van der Waals surface area contributed by atoms with Gasteiger partial charge in [0, 0.05) is 12.8 Å². The predicted octanol–water partition coefficient (Wildman–Crippen LogP) is 9.68. The average Bonchev–Trinajstić information content (AvgIpc) is 2.97. The maximum atomic E-state index is 12.3. The van der Waals surface area contributed by atoms with Gasteiger partial charge in [-0.05, 0) is 57.8 Å². The van der Waals surface area contributed by atoms with Gasteiger partial charge >= 0.3 is 19.8 Å². The molecule has 0 saturated carbocycles. The van der Waals surface area contributed by atoms with Crippen molar-refractivity contribution in [2.45, 2.75) is 168 Å². The normalized spacial score (nSPS) is 12.7. The van der Waals surface area contributed by atoms with Gasteiger partial charge in [0.25, 0.3) is 0 Å². The van der Waals surface area contributed by atoms with Crippen molar-refractivity contribution in [1.29, 1.82) is 0 Å². The third kappa shape index (κ3) is 33.3. The van der Waals surface area contributed by atoms with Crippen LogP contribution in [0.25, 0.3) is 0 Å². The molecular formula is C34H63O8P. The van der Waals surface area contributed by atoms with Gasteiger partial charge in [0.15, 0.2) is 6.10 Å². The Bertz CT molecular complexity index is 761. The third-order valence-corrected chi connectivity index (χ3v) is 7.68. The molecule has 0 fully saturated rings. The molecule has 0 heterocycles. The predicted molar refractivity (Wildman–Crippen MR) is 175 cm³/mol. The summed E-state index contributed by atoms with van der Waals surface area (Å²) in [5, 5.41) is 0. The number of rotatable bonds is 31. The number of esters is 2. The number of phosphoric acid groups is 1. The highest BCUT2D eigenvalue weighted by Gasteiger charge is 2.22. The number of unbranched alkanes of at least 4 members (excludes halogenated alkanes) is 17. The number of hydrogen-bond donors (Lipinski definition) is 2. The number of allylic oxidation sites excluding steroid dienone is 4. The van der Waals surface area contributed by atoms with E-state index in [1.54, 1.807) is 0 Å². The Labute approximate surface area is 262 Å². The summed E-state index contributed by atoms with van der Waals surface area (Å²) in [6.45, 7) is 3.60. The summed E-state index contributed by atoms with van der Waals surface area (Å²) in [6.07, 6.45) is 31.9. The van der Waals surface area contributed by atoms with Gasteiger partial charge in [-0.2, -0.15) is 0 Å². The van der Waals surface area contributed by atoms with Gasteiger partial charge in [-0.15, -0.1) is 0 Å². The van der Waals surface area contributed by atoms with Crippen molar-refractivity contribution in [3.8, 4) is 0 Å². The molecule has 0 aromatic carbocycles. The second kappa shape index (κ2) is 30.6. The molecule has 8 nitrogen and oxygen atoms in total. The van der Waals surface area contributed by atoms with E-state index in [2.05, 4.69) is 42.7 Å². The molecule has 9 heteroatoms. The van der Waals surface area contributed by atoms with E-state index in [-0.39, 0.29) is 19.4 Å². The van der Waals surface area contributed by atoms with Crippen LogP contribution in [0.3, 0.4) is 0 Å². The van der Waals surface area contributed by atoms with E-state index in [4.69, 9.17) is 19.3 Å². The first-order chi connectivity index (χ1) is 20.8. The summed E-state index contributed by atoms with van der Waals surface area (Å²) in [5.41, 5.74) is 0. The van der Waals surface area contributed by atoms with Crippen molar-refractivity contribution in [3.05, 3.63) is 24.3 Å². The zero-order valence-electron chi connectivity index (χ0n) is 27.4. The van der Waals surface area contributed by atoms with E-state index in [0.29, 0.717) is 12.8 Å². The van der Waals surface area contributed by atoms with Crippen molar-refractivity contribution in [2.24, 2.45) is 0 Å². The highest BCUT2D eigenvalue weighted by molar-refractivity contribution is 7.46. The van der Waals surface area contributed by atoms with Crippen molar-refractivity contribution >= 4 is 19.8 Å². The molecule has 0 amide bonds. The first-order valence-electron chi connectivity index (χ1n) is 17.1. The second-order valence-corrected chi connectivity index (χ2v) is 12.7. The van der Waals surface area contributed by atoms with E-state index >= 15 is 0 Å². The molecule has 43 heavy (non-hydrogen) atoms. The number of ether oxygens (including phenoxy) is 2. The summed E-state index contributed by atoms with van der Waals surface area (Å²) in [5.74, 6) is -0.907. The molecule has 0 rings (SSSR count). The van der Waals surface area contributed by atoms with Gasteiger partial charge in [0.1, 0.15) is 6.61 Å². The van der Waals surface area contributed by atoms with Crippen LogP contribution < -0.4 is 0 Å². The second-order valence-electron chi connectivity index (χ2n) is 11.5. The number of carbonyl (C=O) groups is 2. The van der Waals surface area contributed by atoms with Crippen LogP contribution in [0.4, 0.5) is 0 Å². The molecule has 1 unspecified atom stereocenters. The van der Waals surface area contributed by atoms with Gasteiger partial charge in [-0.1, -0.05) is 115 Å². The van der Waals surface area contributed by atoms with Gasteiger partial charge < -0.3 is 19.3 Å². The smallest absolute Gasteiger partial charge is 0.462 e. The lowest BCUT2D eigenvalue weighted by Crippen LogP contribution is -2.29. The quantitative estimate of drug-likeness (QED) is 0.0336. The molecule has 252 valence electrons. The molecule has 1 atom stereocenters. The summed E-state index contributed by atoms with van der Waals surface area (Å²) >= 11 is 0. The maximum absolute atomic E-state index is 12.3. The van der Waals surface area contributed by atoms with Crippen molar-refractivity contribution in [1.82, 2.24) is 0 Å². The Hall–Kier alpha value is -1.47.